The molecule has 0 aliphatic carbocycles. The number of amides is 2. The third kappa shape index (κ3) is 3.02. The first-order valence-electron chi connectivity index (χ1n) is 6.55. The van der Waals surface area contributed by atoms with Crippen LogP contribution in [0.1, 0.15) is 17.3 Å². The van der Waals surface area contributed by atoms with Crippen LogP contribution in [0.15, 0.2) is 18.2 Å². The maximum Gasteiger partial charge on any atom is 0.251 e. The second kappa shape index (κ2) is 6.01. The maximum absolute atomic E-state index is 12.4. The van der Waals surface area contributed by atoms with Crippen molar-refractivity contribution in [1.82, 2.24) is 5.32 Å². The highest BCUT2D eigenvalue weighted by Crippen LogP contribution is 2.31. The fourth-order valence-corrected chi connectivity index (χ4v) is 2.26. The number of carbonyl (C=O) groups is 2. The van der Waals surface area contributed by atoms with Gasteiger partial charge in [0.05, 0.1) is 29.3 Å². The van der Waals surface area contributed by atoms with Gasteiger partial charge in [-0.05, 0) is 25.1 Å². The Morgan fingerprint density at radius 3 is 2.76 bits per heavy atom. The largest absolute Gasteiger partial charge is 0.379 e. The zero-order valence-electron chi connectivity index (χ0n) is 11.9. The van der Waals surface area contributed by atoms with Gasteiger partial charge in [0.15, 0.2) is 0 Å². The van der Waals surface area contributed by atoms with Crippen LogP contribution in [-0.2, 0) is 9.53 Å². The van der Waals surface area contributed by atoms with Gasteiger partial charge < -0.3 is 21.1 Å². The average molecular weight is 312 g/mol. The summed E-state index contributed by atoms with van der Waals surface area (Å²) in [6.07, 6.45) is 0. The zero-order chi connectivity index (χ0) is 15.6. The number of halogens is 1. The summed E-state index contributed by atoms with van der Waals surface area (Å²) in [5.41, 5.74) is 5.90. The molecule has 2 rings (SSSR count). The Kier molecular flexibility index (Phi) is 4.51. The molecule has 1 aliphatic rings. The van der Waals surface area contributed by atoms with E-state index in [-0.39, 0.29) is 24.5 Å². The first-order valence-corrected chi connectivity index (χ1v) is 6.92. The van der Waals surface area contributed by atoms with E-state index < -0.39 is 5.41 Å². The van der Waals surface area contributed by atoms with Crippen LogP contribution in [0.5, 0.6) is 0 Å². The van der Waals surface area contributed by atoms with E-state index in [0.29, 0.717) is 22.9 Å². The second-order valence-corrected chi connectivity index (χ2v) is 5.67. The first-order chi connectivity index (χ1) is 9.88. The van der Waals surface area contributed by atoms with E-state index in [9.17, 15) is 9.59 Å². The molecule has 2 unspecified atom stereocenters. The van der Waals surface area contributed by atoms with Crippen molar-refractivity contribution in [1.29, 1.82) is 0 Å². The van der Waals surface area contributed by atoms with Crippen LogP contribution < -0.4 is 16.4 Å². The van der Waals surface area contributed by atoms with Gasteiger partial charge in [-0.1, -0.05) is 11.6 Å². The number of hydrogen-bond acceptors (Lipinski definition) is 4. The summed E-state index contributed by atoms with van der Waals surface area (Å²) in [6, 6.07) is 4.31. The van der Waals surface area contributed by atoms with E-state index in [4.69, 9.17) is 22.1 Å². The van der Waals surface area contributed by atoms with Gasteiger partial charge in [0, 0.05) is 18.7 Å². The molecular weight excluding hydrogens is 294 g/mol. The molecular formula is C14H18ClN3O3. The smallest absolute Gasteiger partial charge is 0.251 e. The summed E-state index contributed by atoms with van der Waals surface area (Å²) in [5.74, 6) is -0.530. The number of anilines is 1. The highest BCUT2D eigenvalue weighted by atomic mass is 35.5. The van der Waals surface area contributed by atoms with E-state index in [1.54, 1.807) is 19.1 Å². The average Bonchev–Trinajstić information content (AvgIpc) is 2.81. The van der Waals surface area contributed by atoms with Gasteiger partial charge in [0.25, 0.3) is 5.91 Å². The fourth-order valence-electron chi connectivity index (χ4n) is 2.09. The Hall–Kier alpha value is -1.63. The Bertz CT molecular complexity index is 579. The molecule has 1 aromatic rings. The van der Waals surface area contributed by atoms with Crippen LogP contribution in [0.3, 0.4) is 0 Å². The van der Waals surface area contributed by atoms with Crippen molar-refractivity contribution in [2.75, 3.05) is 25.6 Å². The predicted molar refractivity (Wildman–Crippen MR) is 80.4 cm³/mol. The summed E-state index contributed by atoms with van der Waals surface area (Å²) < 4.78 is 5.26. The molecule has 1 heterocycles. The molecule has 2 amide bonds. The molecule has 1 aliphatic heterocycles. The molecule has 4 N–H and O–H groups in total. The zero-order valence-corrected chi connectivity index (χ0v) is 12.7. The minimum absolute atomic E-state index is 0.255. The van der Waals surface area contributed by atoms with Crippen molar-refractivity contribution in [2.24, 2.45) is 11.1 Å². The van der Waals surface area contributed by atoms with Gasteiger partial charge in [0.1, 0.15) is 0 Å². The molecule has 6 nitrogen and oxygen atoms in total. The topological polar surface area (TPSA) is 93.5 Å². The van der Waals surface area contributed by atoms with Crippen LogP contribution in [0.2, 0.25) is 5.02 Å². The highest BCUT2D eigenvalue weighted by Gasteiger charge is 2.44. The van der Waals surface area contributed by atoms with Crippen LogP contribution in [0, 0.1) is 5.41 Å². The molecule has 1 saturated heterocycles. The van der Waals surface area contributed by atoms with E-state index in [1.165, 1.54) is 13.1 Å². The molecule has 21 heavy (non-hydrogen) atoms. The SMILES string of the molecule is CNC(=O)c1ccc(Cl)c(NC(=O)C2(C)COCC2N)c1. The number of hydrogen-bond donors (Lipinski definition) is 3. The number of carbonyl (C=O) groups excluding carboxylic acids is 2. The van der Waals surface area contributed by atoms with Gasteiger partial charge in [-0.3, -0.25) is 9.59 Å². The summed E-state index contributed by atoms with van der Waals surface area (Å²) in [4.78, 5) is 24.0. The van der Waals surface area contributed by atoms with Crippen LogP contribution in [0.25, 0.3) is 0 Å². The minimum Gasteiger partial charge on any atom is -0.379 e. The van der Waals surface area contributed by atoms with Crippen molar-refractivity contribution in [3.8, 4) is 0 Å². The monoisotopic (exact) mass is 311 g/mol. The Balaban J connectivity index is 2.23. The molecule has 0 spiro atoms. The molecule has 1 aromatic carbocycles. The fraction of sp³-hybridized carbons (Fsp3) is 0.429. The number of nitrogens with two attached hydrogens (primary N) is 1. The Labute approximate surface area is 128 Å². The molecule has 114 valence electrons. The third-order valence-corrected chi connectivity index (χ3v) is 4.07. The molecule has 0 saturated carbocycles. The minimum atomic E-state index is -0.813. The third-order valence-electron chi connectivity index (χ3n) is 3.74. The number of benzene rings is 1. The molecule has 0 radical (unpaired) electrons. The highest BCUT2D eigenvalue weighted by molar-refractivity contribution is 6.34. The summed E-state index contributed by atoms with van der Waals surface area (Å²) >= 11 is 6.07. The molecule has 2 atom stereocenters. The molecule has 7 heteroatoms. The van der Waals surface area contributed by atoms with Gasteiger partial charge in [-0.25, -0.2) is 0 Å². The number of ether oxygens (including phenoxy) is 1. The lowest BCUT2D eigenvalue weighted by Gasteiger charge is -2.25. The van der Waals surface area contributed by atoms with Crippen LogP contribution in [-0.4, -0.2) is 38.1 Å². The van der Waals surface area contributed by atoms with E-state index in [1.807, 2.05) is 0 Å². The summed E-state index contributed by atoms with van der Waals surface area (Å²) in [7, 11) is 1.53. The van der Waals surface area contributed by atoms with Gasteiger partial charge in [0.2, 0.25) is 5.91 Å². The van der Waals surface area contributed by atoms with Crippen molar-refractivity contribution >= 4 is 29.1 Å². The molecule has 0 bridgehead atoms. The first kappa shape index (κ1) is 15.8. The lowest BCUT2D eigenvalue weighted by molar-refractivity contribution is -0.125. The van der Waals surface area contributed by atoms with Crippen molar-refractivity contribution < 1.29 is 14.3 Å². The maximum atomic E-state index is 12.4. The van der Waals surface area contributed by atoms with Gasteiger partial charge >= 0.3 is 0 Å². The standard InChI is InChI=1S/C14H18ClN3O3/c1-14(7-21-6-11(14)16)13(20)18-10-5-8(12(19)17-2)3-4-9(10)15/h3-5,11H,6-7,16H2,1-2H3,(H,17,19)(H,18,20). The normalized spacial score (nSPS) is 24.7. The second-order valence-electron chi connectivity index (χ2n) is 5.27. The van der Waals surface area contributed by atoms with Crippen LogP contribution >= 0.6 is 11.6 Å². The predicted octanol–water partition coefficient (Wildman–Crippen LogP) is 1.00. The lowest BCUT2D eigenvalue weighted by Crippen LogP contribution is -2.47. The summed E-state index contributed by atoms with van der Waals surface area (Å²) in [6.45, 7) is 2.35. The number of nitrogens with one attached hydrogen (secondary N) is 2. The Morgan fingerprint density at radius 1 is 1.48 bits per heavy atom. The quantitative estimate of drug-likeness (QED) is 0.776. The van der Waals surface area contributed by atoms with E-state index in [0.717, 1.165) is 0 Å². The van der Waals surface area contributed by atoms with Gasteiger partial charge in [-0.15, -0.1) is 0 Å². The van der Waals surface area contributed by atoms with Crippen molar-refractivity contribution in [3.63, 3.8) is 0 Å². The van der Waals surface area contributed by atoms with Crippen LogP contribution in [0.4, 0.5) is 5.69 Å². The number of rotatable bonds is 3. The van der Waals surface area contributed by atoms with E-state index in [2.05, 4.69) is 10.6 Å². The molecule has 0 aromatic heterocycles. The van der Waals surface area contributed by atoms with Gasteiger partial charge in [-0.2, -0.15) is 0 Å². The van der Waals surface area contributed by atoms with E-state index >= 15 is 0 Å². The van der Waals surface area contributed by atoms with Crippen molar-refractivity contribution in [2.45, 2.75) is 13.0 Å². The summed E-state index contributed by atoms with van der Waals surface area (Å²) in [5, 5.41) is 5.60. The Morgan fingerprint density at radius 2 is 2.19 bits per heavy atom. The van der Waals surface area contributed by atoms with Crippen molar-refractivity contribution in [3.05, 3.63) is 28.8 Å². The molecule has 1 fully saturated rings. The lowest BCUT2D eigenvalue weighted by atomic mass is 9.85.